The van der Waals surface area contributed by atoms with Gasteiger partial charge in [-0.15, -0.1) is 0 Å². The molecule has 19 heavy (non-hydrogen) atoms. The van der Waals surface area contributed by atoms with E-state index < -0.39 is 23.6 Å². The molecule has 110 valence electrons. The van der Waals surface area contributed by atoms with Gasteiger partial charge < -0.3 is 25.8 Å². The van der Waals surface area contributed by atoms with Gasteiger partial charge in [0.25, 0.3) is 0 Å². The third kappa shape index (κ3) is 8.83. The first-order valence-corrected chi connectivity index (χ1v) is 5.73. The molecule has 3 amide bonds. The number of amides is 3. The molecule has 1 atom stereocenters. The van der Waals surface area contributed by atoms with E-state index in [0.29, 0.717) is 0 Å². The van der Waals surface area contributed by atoms with Gasteiger partial charge in [-0.2, -0.15) is 0 Å². The molecule has 0 saturated heterocycles. The average molecular weight is 275 g/mol. The first-order chi connectivity index (χ1) is 8.65. The average Bonchev–Trinajstić information content (AvgIpc) is 2.23. The molecule has 0 spiro atoms. The Labute approximate surface area is 111 Å². The van der Waals surface area contributed by atoms with E-state index in [1.807, 2.05) is 20.8 Å². The molecule has 0 aliphatic carbocycles. The second-order valence-electron chi connectivity index (χ2n) is 4.97. The number of carbonyl (C=O) groups is 3. The number of rotatable bonds is 6. The molecule has 0 bridgehead atoms. The van der Waals surface area contributed by atoms with Crippen molar-refractivity contribution in [1.29, 1.82) is 0 Å². The lowest BCUT2D eigenvalue weighted by Gasteiger charge is -2.21. The number of carboxylic acids is 1. The van der Waals surface area contributed by atoms with Crippen molar-refractivity contribution >= 4 is 17.9 Å². The van der Waals surface area contributed by atoms with Crippen molar-refractivity contribution in [2.24, 2.45) is 0 Å². The van der Waals surface area contributed by atoms with E-state index in [0.717, 1.165) is 0 Å². The number of methoxy groups -OCH3 is 1. The van der Waals surface area contributed by atoms with Gasteiger partial charge in [0.15, 0.2) is 6.04 Å². The Balaban J connectivity index is 4.11. The van der Waals surface area contributed by atoms with Gasteiger partial charge in [-0.1, -0.05) is 0 Å². The number of ether oxygens (including phenoxy) is 1. The highest BCUT2D eigenvalue weighted by atomic mass is 16.5. The van der Waals surface area contributed by atoms with Crippen LogP contribution in [0, 0.1) is 0 Å². The number of hydrogen-bond acceptors (Lipinski definition) is 4. The number of urea groups is 1. The Kier molecular flexibility index (Phi) is 6.84. The zero-order chi connectivity index (χ0) is 15.1. The highest BCUT2D eigenvalue weighted by Gasteiger charge is 2.20. The number of carbonyl (C=O) groups excluding carboxylic acids is 2. The van der Waals surface area contributed by atoms with E-state index in [1.165, 1.54) is 7.11 Å². The van der Waals surface area contributed by atoms with E-state index in [-0.39, 0.29) is 19.1 Å². The van der Waals surface area contributed by atoms with Gasteiger partial charge >= 0.3 is 12.0 Å². The van der Waals surface area contributed by atoms with Gasteiger partial charge in [0.05, 0.1) is 13.2 Å². The van der Waals surface area contributed by atoms with Crippen molar-refractivity contribution in [3.8, 4) is 0 Å². The van der Waals surface area contributed by atoms with Crippen molar-refractivity contribution < 1.29 is 24.2 Å². The third-order valence-electron chi connectivity index (χ3n) is 1.86. The monoisotopic (exact) mass is 275 g/mol. The maximum Gasteiger partial charge on any atom is 0.328 e. The zero-order valence-corrected chi connectivity index (χ0v) is 11.6. The summed E-state index contributed by atoms with van der Waals surface area (Å²) in [5, 5.41) is 15.9. The Morgan fingerprint density at radius 3 is 2.26 bits per heavy atom. The summed E-state index contributed by atoms with van der Waals surface area (Å²) in [6.45, 7) is 5.04. The molecule has 8 heteroatoms. The van der Waals surface area contributed by atoms with Crippen LogP contribution in [0.15, 0.2) is 0 Å². The lowest BCUT2D eigenvalue weighted by atomic mass is 10.1. The molecular formula is C11H21N3O5. The summed E-state index contributed by atoms with van der Waals surface area (Å²) >= 11 is 0. The molecule has 4 N–H and O–H groups in total. The predicted octanol–water partition coefficient (Wildman–Crippen LogP) is -0.700. The molecule has 0 aliphatic heterocycles. The van der Waals surface area contributed by atoms with E-state index >= 15 is 0 Å². The van der Waals surface area contributed by atoms with E-state index in [9.17, 15) is 14.4 Å². The Morgan fingerprint density at radius 1 is 1.26 bits per heavy atom. The first kappa shape index (κ1) is 17.2. The van der Waals surface area contributed by atoms with Crippen molar-refractivity contribution in [2.45, 2.75) is 32.4 Å². The molecule has 0 fully saturated rings. The van der Waals surface area contributed by atoms with Gasteiger partial charge in [-0.3, -0.25) is 4.79 Å². The molecule has 0 saturated carbocycles. The smallest absolute Gasteiger partial charge is 0.328 e. The fourth-order valence-corrected chi connectivity index (χ4v) is 1.17. The fraction of sp³-hybridized carbons (Fsp3) is 0.727. The quantitative estimate of drug-likeness (QED) is 0.511. The lowest BCUT2D eigenvalue weighted by molar-refractivity contribution is -0.140. The summed E-state index contributed by atoms with van der Waals surface area (Å²) in [5.74, 6) is -1.57. The molecule has 1 unspecified atom stereocenters. The maximum absolute atomic E-state index is 11.4. The van der Waals surface area contributed by atoms with Crippen molar-refractivity contribution in [2.75, 3.05) is 20.3 Å². The predicted molar refractivity (Wildman–Crippen MR) is 67.7 cm³/mol. The number of nitrogens with one attached hydrogen (secondary N) is 3. The van der Waals surface area contributed by atoms with Crippen LogP contribution in [0.3, 0.4) is 0 Å². The maximum atomic E-state index is 11.4. The van der Waals surface area contributed by atoms with Gasteiger partial charge in [-0.25, -0.2) is 9.59 Å². The molecule has 0 aliphatic rings. The molecule has 0 radical (unpaired) electrons. The van der Waals surface area contributed by atoms with Crippen LogP contribution in [0.1, 0.15) is 20.8 Å². The minimum Gasteiger partial charge on any atom is -0.480 e. The largest absolute Gasteiger partial charge is 0.480 e. The molecule has 0 rings (SSSR count). The van der Waals surface area contributed by atoms with Crippen molar-refractivity contribution in [3.63, 3.8) is 0 Å². The number of aliphatic carboxylic acids is 1. The zero-order valence-electron chi connectivity index (χ0n) is 11.6. The van der Waals surface area contributed by atoms with Crippen LogP contribution in [0.4, 0.5) is 4.79 Å². The standard InChI is InChI=1S/C11H21N3O5/c1-11(2,3)14-8(15)5-12-10(18)13-7(6-19-4)9(16)17/h7H,5-6H2,1-4H3,(H,14,15)(H,16,17)(H2,12,13,18). The summed E-state index contributed by atoms with van der Waals surface area (Å²) in [4.78, 5) is 33.5. The Bertz CT molecular complexity index is 338. The Morgan fingerprint density at radius 2 is 1.84 bits per heavy atom. The minimum atomic E-state index is -1.21. The highest BCUT2D eigenvalue weighted by molar-refractivity contribution is 5.86. The van der Waals surface area contributed by atoms with Crippen LogP contribution in [0.5, 0.6) is 0 Å². The van der Waals surface area contributed by atoms with Crippen LogP contribution >= 0.6 is 0 Å². The van der Waals surface area contributed by atoms with Gasteiger partial charge in [0.2, 0.25) is 5.91 Å². The Hall–Kier alpha value is -1.83. The number of hydrogen-bond donors (Lipinski definition) is 4. The van der Waals surface area contributed by atoms with Gasteiger partial charge in [0, 0.05) is 12.6 Å². The normalized spacial score (nSPS) is 12.4. The third-order valence-corrected chi connectivity index (χ3v) is 1.86. The minimum absolute atomic E-state index is 0.156. The van der Waals surface area contributed by atoms with Crippen LogP contribution in [0.2, 0.25) is 0 Å². The fourth-order valence-electron chi connectivity index (χ4n) is 1.17. The highest BCUT2D eigenvalue weighted by Crippen LogP contribution is 1.97. The summed E-state index contributed by atoms with van der Waals surface area (Å²) in [7, 11) is 1.33. The van der Waals surface area contributed by atoms with Crippen molar-refractivity contribution in [1.82, 2.24) is 16.0 Å². The molecular weight excluding hydrogens is 254 g/mol. The molecule has 0 aromatic heterocycles. The van der Waals surface area contributed by atoms with Crippen LogP contribution < -0.4 is 16.0 Å². The summed E-state index contributed by atoms with van der Waals surface area (Å²) < 4.78 is 4.66. The van der Waals surface area contributed by atoms with Crippen LogP contribution in [-0.4, -0.2) is 54.9 Å². The summed E-state index contributed by atoms with van der Waals surface area (Å²) in [6, 6.07) is -1.90. The van der Waals surface area contributed by atoms with Crippen LogP contribution in [-0.2, 0) is 14.3 Å². The van der Waals surface area contributed by atoms with Crippen molar-refractivity contribution in [3.05, 3.63) is 0 Å². The SMILES string of the molecule is COCC(NC(=O)NCC(=O)NC(C)(C)C)C(=O)O. The number of carboxylic acid groups (broad SMARTS) is 1. The summed E-state index contributed by atoms with van der Waals surface area (Å²) in [5.41, 5.74) is -0.394. The van der Waals surface area contributed by atoms with E-state index in [2.05, 4.69) is 20.7 Å². The molecule has 8 nitrogen and oxygen atoms in total. The lowest BCUT2D eigenvalue weighted by Crippen LogP contribution is -2.51. The molecule has 0 aromatic carbocycles. The second kappa shape index (κ2) is 7.57. The molecule has 0 heterocycles. The molecule has 0 aromatic rings. The van der Waals surface area contributed by atoms with Crippen LogP contribution in [0.25, 0.3) is 0 Å². The van der Waals surface area contributed by atoms with E-state index in [4.69, 9.17) is 5.11 Å². The van der Waals surface area contributed by atoms with E-state index in [1.54, 1.807) is 0 Å². The van der Waals surface area contributed by atoms with Gasteiger partial charge in [0.1, 0.15) is 0 Å². The first-order valence-electron chi connectivity index (χ1n) is 5.73. The summed E-state index contributed by atoms with van der Waals surface area (Å²) in [6.07, 6.45) is 0. The second-order valence-corrected chi connectivity index (χ2v) is 4.97. The van der Waals surface area contributed by atoms with Gasteiger partial charge in [-0.05, 0) is 20.8 Å². The topological polar surface area (TPSA) is 117 Å².